The molecule has 0 bridgehead atoms. The third-order valence-electron chi connectivity index (χ3n) is 4.10. The van der Waals surface area contributed by atoms with Crippen LogP contribution < -0.4 is 5.32 Å². The van der Waals surface area contributed by atoms with E-state index in [4.69, 9.17) is 4.74 Å². The second-order valence-electron chi connectivity index (χ2n) is 5.83. The minimum atomic E-state index is -0.614. The summed E-state index contributed by atoms with van der Waals surface area (Å²) < 4.78 is 5.94. The zero-order chi connectivity index (χ0) is 15.9. The molecule has 1 atom stereocenters. The first-order valence-corrected chi connectivity index (χ1v) is 8.78. The Balaban J connectivity index is 1.96. The molecular weight excluding hydrogens is 393 g/mol. The molecule has 4 nitrogen and oxygen atoms in total. The smallest absolute Gasteiger partial charge is 0.328 e. The summed E-state index contributed by atoms with van der Waals surface area (Å²) in [5.41, 5.74) is 1.02. The van der Waals surface area contributed by atoms with E-state index < -0.39 is 12.0 Å². The van der Waals surface area contributed by atoms with Gasteiger partial charge in [0.1, 0.15) is 6.04 Å². The van der Waals surface area contributed by atoms with Gasteiger partial charge in [0.25, 0.3) is 0 Å². The van der Waals surface area contributed by atoms with Gasteiger partial charge in [-0.25, -0.2) is 4.79 Å². The summed E-state index contributed by atoms with van der Waals surface area (Å²) in [6.45, 7) is 0. The Morgan fingerprint density at radius 1 is 1.36 bits per heavy atom. The standard InChI is InChI=1S/C17H22INO3/c1-22-17(21)15(10-13-7-4-8-14(18)9-13)19-16(20)11-12-5-2-3-6-12/h4,7-9,12,15H,2-3,5-6,10-11H2,1H3,(H,19,20)/t15-/m1/s1. The number of hydrogen-bond acceptors (Lipinski definition) is 3. The van der Waals surface area contributed by atoms with E-state index in [1.54, 1.807) is 0 Å². The van der Waals surface area contributed by atoms with Gasteiger partial charge in [-0.05, 0) is 59.0 Å². The highest BCUT2D eigenvalue weighted by atomic mass is 127. The van der Waals surface area contributed by atoms with Gasteiger partial charge in [0.05, 0.1) is 7.11 Å². The van der Waals surface area contributed by atoms with Gasteiger partial charge in [0.15, 0.2) is 0 Å². The van der Waals surface area contributed by atoms with Crippen molar-refractivity contribution in [3.8, 4) is 0 Å². The maximum absolute atomic E-state index is 12.2. The maximum atomic E-state index is 12.2. The largest absolute Gasteiger partial charge is 0.467 e. The van der Waals surface area contributed by atoms with Gasteiger partial charge in [-0.3, -0.25) is 4.79 Å². The Labute approximate surface area is 145 Å². The lowest BCUT2D eigenvalue weighted by molar-refractivity contribution is -0.145. The maximum Gasteiger partial charge on any atom is 0.328 e. The molecule has 120 valence electrons. The van der Waals surface area contributed by atoms with E-state index in [-0.39, 0.29) is 5.91 Å². The molecule has 1 amide bonds. The van der Waals surface area contributed by atoms with Crippen LogP contribution in [0.2, 0.25) is 0 Å². The molecule has 0 heterocycles. The van der Waals surface area contributed by atoms with E-state index in [0.717, 1.165) is 22.0 Å². The third kappa shape index (κ3) is 5.26. The summed E-state index contributed by atoms with van der Waals surface area (Å²) in [5.74, 6) is 0.0301. The number of methoxy groups -OCH3 is 1. The molecule has 5 heteroatoms. The Hall–Kier alpha value is -1.11. The first-order valence-electron chi connectivity index (χ1n) is 7.70. The summed E-state index contributed by atoms with van der Waals surface area (Å²) in [6, 6.07) is 7.31. The molecule has 22 heavy (non-hydrogen) atoms. The van der Waals surface area contributed by atoms with E-state index in [0.29, 0.717) is 18.8 Å². The number of esters is 1. The monoisotopic (exact) mass is 415 g/mol. The topological polar surface area (TPSA) is 55.4 Å². The minimum absolute atomic E-state index is 0.0482. The summed E-state index contributed by atoms with van der Waals surface area (Å²) in [6.07, 6.45) is 5.63. The molecule has 1 aromatic carbocycles. The SMILES string of the molecule is COC(=O)[C@@H](Cc1cccc(I)c1)NC(=O)CC1CCCC1. The van der Waals surface area contributed by atoms with Gasteiger partial charge in [-0.15, -0.1) is 0 Å². The summed E-state index contributed by atoms with van der Waals surface area (Å²) in [4.78, 5) is 24.1. The minimum Gasteiger partial charge on any atom is -0.467 e. The number of carbonyl (C=O) groups is 2. The second-order valence-corrected chi connectivity index (χ2v) is 7.08. The fourth-order valence-electron chi connectivity index (χ4n) is 2.97. The van der Waals surface area contributed by atoms with E-state index >= 15 is 0 Å². The van der Waals surface area contributed by atoms with Crippen LogP contribution in [0.3, 0.4) is 0 Å². The second kappa shape index (κ2) is 8.50. The molecule has 0 aliphatic heterocycles. The zero-order valence-corrected chi connectivity index (χ0v) is 15.0. The predicted octanol–water partition coefficient (Wildman–Crippen LogP) is 3.07. The fourth-order valence-corrected chi connectivity index (χ4v) is 3.57. The van der Waals surface area contributed by atoms with Gasteiger partial charge in [-0.1, -0.05) is 25.0 Å². The van der Waals surface area contributed by atoms with Crippen LogP contribution in [-0.2, 0) is 20.7 Å². The summed E-state index contributed by atoms with van der Waals surface area (Å²) in [5, 5.41) is 2.85. The van der Waals surface area contributed by atoms with Gasteiger partial charge >= 0.3 is 5.97 Å². The average Bonchev–Trinajstić information content (AvgIpc) is 2.98. The van der Waals surface area contributed by atoms with Crippen LogP contribution in [0.25, 0.3) is 0 Å². The first kappa shape index (κ1) is 17.2. The van der Waals surface area contributed by atoms with Crippen molar-refractivity contribution in [2.24, 2.45) is 5.92 Å². The number of halogens is 1. The normalized spacial score (nSPS) is 16.3. The number of ether oxygens (including phenoxy) is 1. The molecule has 0 unspecified atom stereocenters. The van der Waals surface area contributed by atoms with Gasteiger partial charge in [0.2, 0.25) is 5.91 Å². The van der Waals surface area contributed by atoms with Crippen molar-refractivity contribution in [3.05, 3.63) is 33.4 Å². The Bertz CT molecular complexity index is 526. The van der Waals surface area contributed by atoms with Crippen LogP contribution in [0.4, 0.5) is 0 Å². The van der Waals surface area contributed by atoms with Crippen molar-refractivity contribution in [2.75, 3.05) is 7.11 Å². The number of hydrogen-bond donors (Lipinski definition) is 1. The molecule has 1 N–H and O–H groups in total. The molecule has 1 aliphatic rings. The molecule has 1 fully saturated rings. The molecular formula is C17H22INO3. The van der Waals surface area contributed by atoms with Crippen molar-refractivity contribution in [1.82, 2.24) is 5.32 Å². The zero-order valence-electron chi connectivity index (χ0n) is 12.8. The van der Waals surface area contributed by atoms with Gasteiger partial charge in [-0.2, -0.15) is 0 Å². The summed E-state index contributed by atoms with van der Waals surface area (Å²) in [7, 11) is 1.35. The number of benzene rings is 1. The number of amides is 1. The van der Waals surface area contributed by atoms with Crippen LogP contribution in [0.5, 0.6) is 0 Å². The molecule has 1 saturated carbocycles. The predicted molar refractivity (Wildman–Crippen MR) is 93.4 cm³/mol. The van der Waals surface area contributed by atoms with Crippen LogP contribution in [0.15, 0.2) is 24.3 Å². The van der Waals surface area contributed by atoms with Gasteiger partial charge in [0, 0.05) is 16.4 Å². The highest BCUT2D eigenvalue weighted by Gasteiger charge is 2.24. The molecule has 0 saturated heterocycles. The lowest BCUT2D eigenvalue weighted by Crippen LogP contribution is -2.43. The number of carbonyl (C=O) groups excluding carboxylic acids is 2. The van der Waals surface area contributed by atoms with E-state index in [1.165, 1.54) is 20.0 Å². The van der Waals surface area contributed by atoms with E-state index in [1.807, 2.05) is 24.3 Å². The van der Waals surface area contributed by atoms with Crippen molar-refractivity contribution in [1.29, 1.82) is 0 Å². The lowest BCUT2D eigenvalue weighted by Gasteiger charge is -2.18. The Kier molecular flexibility index (Phi) is 6.67. The van der Waals surface area contributed by atoms with Crippen molar-refractivity contribution >= 4 is 34.5 Å². The van der Waals surface area contributed by atoms with Crippen molar-refractivity contribution in [3.63, 3.8) is 0 Å². The van der Waals surface area contributed by atoms with Crippen LogP contribution in [0.1, 0.15) is 37.7 Å². The van der Waals surface area contributed by atoms with Crippen LogP contribution in [0, 0.1) is 9.49 Å². The summed E-state index contributed by atoms with van der Waals surface area (Å²) >= 11 is 2.23. The van der Waals surface area contributed by atoms with Crippen LogP contribution >= 0.6 is 22.6 Å². The molecule has 0 spiro atoms. The number of nitrogens with one attached hydrogen (secondary N) is 1. The lowest BCUT2D eigenvalue weighted by atomic mass is 10.0. The molecule has 2 rings (SSSR count). The molecule has 1 aliphatic carbocycles. The van der Waals surface area contributed by atoms with Crippen molar-refractivity contribution < 1.29 is 14.3 Å². The highest BCUT2D eigenvalue weighted by Crippen LogP contribution is 2.27. The first-order chi connectivity index (χ1) is 10.6. The average molecular weight is 415 g/mol. The molecule has 1 aromatic rings. The Morgan fingerprint density at radius 2 is 2.09 bits per heavy atom. The van der Waals surface area contributed by atoms with E-state index in [2.05, 4.69) is 27.9 Å². The Morgan fingerprint density at radius 3 is 2.73 bits per heavy atom. The number of rotatable bonds is 6. The molecule has 0 radical (unpaired) electrons. The van der Waals surface area contributed by atoms with Crippen LogP contribution in [-0.4, -0.2) is 25.0 Å². The highest BCUT2D eigenvalue weighted by molar-refractivity contribution is 14.1. The van der Waals surface area contributed by atoms with Crippen molar-refractivity contribution in [2.45, 2.75) is 44.6 Å². The third-order valence-corrected chi connectivity index (χ3v) is 4.77. The fraction of sp³-hybridized carbons (Fsp3) is 0.529. The quantitative estimate of drug-likeness (QED) is 0.574. The van der Waals surface area contributed by atoms with Gasteiger partial charge < -0.3 is 10.1 Å². The van der Waals surface area contributed by atoms with E-state index in [9.17, 15) is 9.59 Å². The molecule has 0 aromatic heterocycles.